The van der Waals surface area contributed by atoms with Gasteiger partial charge in [-0.1, -0.05) is 24.6 Å². The summed E-state index contributed by atoms with van der Waals surface area (Å²) in [5.41, 5.74) is 2.68. The number of nitrogens with one attached hydrogen (secondary N) is 2. The van der Waals surface area contributed by atoms with Crippen LogP contribution in [0.2, 0.25) is 5.02 Å². The third-order valence-electron chi connectivity index (χ3n) is 4.68. The van der Waals surface area contributed by atoms with Crippen LogP contribution in [0.25, 0.3) is 0 Å². The van der Waals surface area contributed by atoms with E-state index in [-0.39, 0.29) is 24.9 Å². The van der Waals surface area contributed by atoms with Crippen molar-refractivity contribution in [1.29, 1.82) is 0 Å². The van der Waals surface area contributed by atoms with Crippen molar-refractivity contribution in [3.63, 3.8) is 0 Å². The first-order valence-corrected chi connectivity index (χ1v) is 10.6. The number of benzene rings is 1. The van der Waals surface area contributed by atoms with E-state index in [0.29, 0.717) is 27.8 Å². The maximum atomic E-state index is 12.6. The van der Waals surface area contributed by atoms with Crippen molar-refractivity contribution < 1.29 is 19.1 Å². The number of amides is 2. The Morgan fingerprint density at radius 1 is 1.10 bits per heavy atom. The molecule has 0 aliphatic rings. The number of esters is 1. The molecule has 0 spiro atoms. The molecule has 1 aromatic heterocycles. The predicted molar refractivity (Wildman–Crippen MR) is 121 cm³/mol. The molecule has 2 rings (SSSR count). The minimum absolute atomic E-state index is 0.00898. The number of hydrogen-bond acceptors (Lipinski definition) is 6. The molecule has 0 bridgehead atoms. The first-order chi connectivity index (χ1) is 14.2. The number of methoxy groups -OCH3 is 1. The zero-order valence-corrected chi connectivity index (χ0v) is 19.3. The quantitative estimate of drug-likeness (QED) is 0.592. The molecule has 0 aliphatic carbocycles. The lowest BCUT2D eigenvalue weighted by molar-refractivity contribution is -0.119. The number of thiophene rings is 1. The van der Waals surface area contributed by atoms with Crippen LogP contribution in [-0.2, 0) is 14.3 Å². The van der Waals surface area contributed by atoms with E-state index in [1.54, 1.807) is 17.0 Å². The molecule has 2 aromatic rings. The lowest BCUT2D eigenvalue weighted by atomic mass is 10.1. The summed E-state index contributed by atoms with van der Waals surface area (Å²) in [6.07, 6.45) is 0. The summed E-state index contributed by atoms with van der Waals surface area (Å²) in [6.45, 7) is 7.99. The molecule has 0 radical (unpaired) electrons. The molecule has 162 valence electrons. The number of hydrogen-bond donors (Lipinski definition) is 2. The summed E-state index contributed by atoms with van der Waals surface area (Å²) in [6, 6.07) is 5.27. The molecular weight excluding hydrogens is 426 g/mol. The Hall–Kier alpha value is -2.42. The summed E-state index contributed by atoms with van der Waals surface area (Å²) in [5.74, 6) is -1.04. The standard InChI is InChI=1S/C21H26ClN3O4S/c1-6-25(10-17(26)23-16-9-15(22)8-7-12(16)2)11-18(27)24-20-19(21(28)29-5)13(3)14(4)30-20/h7-9H,6,10-11H2,1-5H3,(H,23,26)(H,24,27). The van der Waals surface area contributed by atoms with Crippen molar-refractivity contribution in [1.82, 2.24) is 4.90 Å². The van der Waals surface area contributed by atoms with E-state index in [2.05, 4.69) is 10.6 Å². The number of carbonyl (C=O) groups is 3. The Labute approximate surface area is 185 Å². The lowest BCUT2D eigenvalue weighted by Crippen LogP contribution is -2.38. The predicted octanol–water partition coefficient (Wildman–Crippen LogP) is 4.01. The molecule has 0 saturated heterocycles. The average Bonchev–Trinajstić information content (AvgIpc) is 2.96. The fourth-order valence-electron chi connectivity index (χ4n) is 2.83. The highest BCUT2D eigenvalue weighted by atomic mass is 35.5. The summed E-state index contributed by atoms with van der Waals surface area (Å²) < 4.78 is 4.83. The largest absolute Gasteiger partial charge is 0.465 e. The van der Waals surface area contributed by atoms with Crippen molar-refractivity contribution in [2.45, 2.75) is 27.7 Å². The third kappa shape index (κ3) is 6.04. The Balaban J connectivity index is 2.01. The Bertz CT molecular complexity index is 958. The molecule has 0 aliphatic heterocycles. The second-order valence-corrected chi connectivity index (χ2v) is 8.50. The second-order valence-electron chi connectivity index (χ2n) is 6.84. The smallest absolute Gasteiger partial charge is 0.341 e. The van der Waals surface area contributed by atoms with Crippen LogP contribution >= 0.6 is 22.9 Å². The number of rotatable bonds is 8. The van der Waals surface area contributed by atoms with Gasteiger partial charge in [-0.15, -0.1) is 11.3 Å². The molecule has 0 saturated carbocycles. The Kier molecular flexibility index (Phi) is 8.40. The maximum absolute atomic E-state index is 12.6. The Morgan fingerprint density at radius 3 is 2.33 bits per heavy atom. The van der Waals surface area contributed by atoms with Gasteiger partial charge < -0.3 is 15.4 Å². The minimum atomic E-state index is -0.490. The van der Waals surface area contributed by atoms with Gasteiger partial charge in [-0.05, 0) is 50.6 Å². The van der Waals surface area contributed by atoms with E-state index in [1.165, 1.54) is 18.4 Å². The fraction of sp³-hybridized carbons (Fsp3) is 0.381. The van der Waals surface area contributed by atoms with Crippen LogP contribution in [0.15, 0.2) is 18.2 Å². The lowest BCUT2D eigenvalue weighted by Gasteiger charge is -2.19. The van der Waals surface area contributed by atoms with Gasteiger partial charge in [0, 0.05) is 15.6 Å². The molecule has 2 amide bonds. The molecule has 30 heavy (non-hydrogen) atoms. The SMILES string of the molecule is CCN(CC(=O)Nc1cc(Cl)ccc1C)CC(=O)Nc1sc(C)c(C)c1C(=O)OC. The van der Waals surface area contributed by atoms with Crippen molar-refractivity contribution in [3.05, 3.63) is 44.8 Å². The minimum Gasteiger partial charge on any atom is -0.465 e. The van der Waals surface area contributed by atoms with Gasteiger partial charge in [-0.25, -0.2) is 4.79 Å². The van der Waals surface area contributed by atoms with Gasteiger partial charge in [0.15, 0.2) is 0 Å². The number of anilines is 2. The van der Waals surface area contributed by atoms with Crippen molar-refractivity contribution in [2.24, 2.45) is 0 Å². The molecule has 0 fully saturated rings. The van der Waals surface area contributed by atoms with E-state index in [1.807, 2.05) is 33.8 Å². The number of halogens is 1. The van der Waals surface area contributed by atoms with Crippen molar-refractivity contribution in [3.8, 4) is 0 Å². The molecule has 0 atom stereocenters. The van der Waals surface area contributed by atoms with Crippen LogP contribution in [0.1, 0.15) is 33.3 Å². The topological polar surface area (TPSA) is 87.7 Å². The van der Waals surface area contributed by atoms with E-state index < -0.39 is 5.97 Å². The van der Waals surface area contributed by atoms with Crippen molar-refractivity contribution in [2.75, 3.05) is 37.4 Å². The van der Waals surface area contributed by atoms with E-state index in [0.717, 1.165) is 16.0 Å². The number of likely N-dealkylation sites (N-methyl/N-ethyl adjacent to an activating group) is 1. The number of ether oxygens (including phenoxy) is 1. The van der Waals surface area contributed by atoms with E-state index in [9.17, 15) is 14.4 Å². The highest BCUT2D eigenvalue weighted by Gasteiger charge is 2.22. The molecule has 9 heteroatoms. The van der Waals surface area contributed by atoms with Gasteiger partial charge in [-0.2, -0.15) is 0 Å². The zero-order chi connectivity index (χ0) is 22.4. The van der Waals surface area contributed by atoms with Crippen LogP contribution < -0.4 is 10.6 Å². The molecular formula is C21H26ClN3O4S. The summed E-state index contributed by atoms with van der Waals surface area (Å²) >= 11 is 7.31. The van der Waals surface area contributed by atoms with Crippen LogP contribution in [0.3, 0.4) is 0 Å². The van der Waals surface area contributed by atoms with Gasteiger partial charge in [0.05, 0.1) is 25.8 Å². The third-order valence-corrected chi connectivity index (χ3v) is 6.04. The van der Waals surface area contributed by atoms with Crippen LogP contribution in [0.5, 0.6) is 0 Å². The molecule has 1 aromatic carbocycles. The molecule has 1 heterocycles. The normalized spacial score (nSPS) is 10.8. The van der Waals surface area contributed by atoms with Crippen LogP contribution in [0.4, 0.5) is 10.7 Å². The van der Waals surface area contributed by atoms with Gasteiger partial charge in [0.1, 0.15) is 5.00 Å². The summed E-state index contributed by atoms with van der Waals surface area (Å²) in [4.78, 5) is 39.7. The summed E-state index contributed by atoms with van der Waals surface area (Å²) in [7, 11) is 1.30. The van der Waals surface area contributed by atoms with E-state index >= 15 is 0 Å². The van der Waals surface area contributed by atoms with Gasteiger partial charge >= 0.3 is 5.97 Å². The van der Waals surface area contributed by atoms with Gasteiger partial charge in [0.25, 0.3) is 0 Å². The fourth-order valence-corrected chi connectivity index (χ4v) is 4.07. The first kappa shape index (κ1) is 23.9. The van der Waals surface area contributed by atoms with Gasteiger partial charge in [-0.3, -0.25) is 14.5 Å². The maximum Gasteiger partial charge on any atom is 0.341 e. The molecule has 0 unspecified atom stereocenters. The first-order valence-electron chi connectivity index (χ1n) is 9.42. The molecule has 7 nitrogen and oxygen atoms in total. The molecule has 2 N–H and O–H groups in total. The highest BCUT2D eigenvalue weighted by Crippen LogP contribution is 2.32. The highest BCUT2D eigenvalue weighted by molar-refractivity contribution is 7.16. The average molecular weight is 452 g/mol. The van der Waals surface area contributed by atoms with E-state index in [4.69, 9.17) is 16.3 Å². The second kappa shape index (κ2) is 10.6. The monoisotopic (exact) mass is 451 g/mol. The zero-order valence-electron chi connectivity index (χ0n) is 17.7. The van der Waals surface area contributed by atoms with Crippen molar-refractivity contribution >= 4 is 51.4 Å². The van der Waals surface area contributed by atoms with Crippen LogP contribution in [-0.4, -0.2) is 49.4 Å². The number of nitrogens with zero attached hydrogens (tertiary/aromatic N) is 1. The van der Waals surface area contributed by atoms with Crippen LogP contribution in [0, 0.1) is 20.8 Å². The Morgan fingerprint density at radius 2 is 1.73 bits per heavy atom. The number of carbonyl (C=O) groups excluding carboxylic acids is 3. The van der Waals surface area contributed by atoms with Gasteiger partial charge in [0.2, 0.25) is 11.8 Å². The summed E-state index contributed by atoms with van der Waals surface area (Å²) in [5, 5.41) is 6.59. The number of aryl methyl sites for hydroxylation is 2.